The topological polar surface area (TPSA) is 64.4 Å². The first-order valence-corrected chi connectivity index (χ1v) is 11.4. The molecule has 0 saturated heterocycles. The largest absolute Gasteiger partial charge is 0.497 e. The van der Waals surface area contributed by atoms with Gasteiger partial charge in [0.1, 0.15) is 17.3 Å². The molecule has 0 aliphatic rings. The number of hydrogen-bond acceptors (Lipinski definition) is 5. The van der Waals surface area contributed by atoms with Gasteiger partial charge in [0.2, 0.25) is 0 Å². The van der Waals surface area contributed by atoms with E-state index in [1.54, 1.807) is 25.3 Å². The molecule has 1 atom stereocenters. The van der Waals surface area contributed by atoms with Gasteiger partial charge in [-0.2, -0.15) is 0 Å². The minimum Gasteiger partial charge on any atom is -0.497 e. The SMILES string of the molecule is COc1ccc2cc(CCC(=O)CC(Nc3cc(C)on3)c3ccc(Cl)c(Cl)c3)ccc2c1. The van der Waals surface area contributed by atoms with Gasteiger partial charge in [-0.1, -0.05) is 58.7 Å². The number of carbonyl (C=O) groups excluding carboxylic acids is 1. The van der Waals surface area contributed by atoms with Crippen molar-refractivity contribution >= 4 is 45.6 Å². The monoisotopic (exact) mass is 482 g/mol. The summed E-state index contributed by atoms with van der Waals surface area (Å²) < 4.78 is 10.4. The Morgan fingerprint density at radius 1 is 1.03 bits per heavy atom. The molecule has 0 aliphatic heterocycles. The molecule has 33 heavy (non-hydrogen) atoms. The number of aryl methyl sites for hydroxylation is 2. The van der Waals surface area contributed by atoms with Crippen LogP contribution in [0.1, 0.15) is 35.8 Å². The Morgan fingerprint density at radius 2 is 1.82 bits per heavy atom. The molecule has 0 bridgehead atoms. The fraction of sp³-hybridized carbons (Fsp3) is 0.231. The molecule has 0 fully saturated rings. The Balaban J connectivity index is 1.45. The molecule has 1 unspecified atom stereocenters. The van der Waals surface area contributed by atoms with E-state index in [4.69, 9.17) is 32.5 Å². The predicted octanol–water partition coefficient (Wildman–Crippen LogP) is 7.20. The van der Waals surface area contributed by atoms with Gasteiger partial charge in [0.25, 0.3) is 0 Å². The highest BCUT2D eigenvalue weighted by Crippen LogP contribution is 2.30. The molecule has 1 heterocycles. The molecule has 1 aromatic heterocycles. The van der Waals surface area contributed by atoms with E-state index in [2.05, 4.69) is 28.7 Å². The van der Waals surface area contributed by atoms with Crippen LogP contribution in [-0.2, 0) is 11.2 Å². The lowest BCUT2D eigenvalue weighted by Crippen LogP contribution is -2.16. The van der Waals surface area contributed by atoms with Crippen LogP contribution in [0.2, 0.25) is 10.0 Å². The molecule has 0 amide bonds. The first-order chi connectivity index (χ1) is 15.9. The fourth-order valence-corrected chi connectivity index (χ4v) is 4.07. The summed E-state index contributed by atoms with van der Waals surface area (Å²) in [5, 5.41) is 10.4. The number of methoxy groups -OCH3 is 1. The number of benzene rings is 3. The number of nitrogens with one attached hydrogen (secondary N) is 1. The maximum Gasteiger partial charge on any atom is 0.170 e. The maximum absolute atomic E-state index is 12.9. The first kappa shape index (κ1) is 23.1. The predicted molar refractivity (Wildman–Crippen MR) is 133 cm³/mol. The summed E-state index contributed by atoms with van der Waals surface area (Å²) >= 11 is 12.3. The van der Waals surface area contributed by atoms with Gasteiger partial charge in [0.15, 0.2) is 5.82 Å². The highest BCUT2D eigenvalue weighted by molar-refractivity contribution is 6.42. The van der Waals surface area contributed by atoms with E-state index in [0.717, 1.165) is 27.6 Å². The highest BCUT2D eigenvalue weighted by Gasteiger charge is 2.19. The average Bonchev–Trinajstić information content (AvgIpc) is 3.23. The van der Waals surface area contributed by atoms with Crippen LogP contribution < -0.4 is 10.1 Å². The number of rotatable bonds is 9. The van der Waals surface area contributed by atoms with Gasteiger partial charge in [0, 0.05) is 18.9 Å². The van der Waals surface area contributed by atoms with Crippen molar-refractivity contribution in [2.24, 2.45) is 0 Å². The molecule has 7 heteroatoms. The fourth-order valence-electron chi connectivity index (χ4n) is 3.76. The Kier molecular flexibility index (Phi) is 7.21. The molecule has 3 aromatic carbocycles. The van der Waals surface area contributed by atoms with E-state index in [0.29, 0.717) is 34.5 Å². The van der Waals surface area contributed by atoms with Crippen LogP contribution in [0.4, 0.5) is 5.82 Å². The molecule has 4 rings (SSSR count). The van der Waals surface area contributed by atoms with Crippen LogP contribution in [0, 0.1) is 6.92 Å². The van der Waals surface area contributed by atoms with Crippen molar-refractivity contribution < 1.29 is 14.1 Å². The summed E-state index contributed by atoms with van der Waals surface area (Å²) in [6.45, 7) is 1.82. The van der Waals surface area contributed by atoms with Crippen LogP contribution in [0.5, 0.6) is 5.75 Å². The number of ketones is 1. The zero-order valence-corrected chi connectivity index (χ0v) is 19.9. The van der Waals surface area contributed by atoms with Crippen LogP contribution in [-0.4, -0.2) is 18.0 Å². The number of Topliss-reactive ketones (excluding diaryl/α,β-unsaturated/α-hetero) is 1. The van der Waals surface area contributed by atoms with E-state index < -0.39 is 0 Å². The number of carbonyl (C=O) groups is 1. The third-order valence-electron chi connectivity index (χ3n) is 5.53. The second-order valence-corrected chi connectivity index (χ2v) is 8.80. The third-order valence-corrected chi connectivity index (χ3v) is 6.27. The van der Waals surface area contributed by atoms with Crippen LogP contribution in [0.15, 0.2) is 65.2 Å². The number of halogens is 2. The molecule has 0 spiro atoms. The van der Waals surface area contributed by atoms with Gasteiger partial charge < -0.3 is 14.6 Å². The molecular formula is C26H24Cl2N2O3. The Labute approximate surface area is 202 Å². The van der Waals surface area contributed by atoms with Crippen molar-refractivity contribution in [3.8, 4) is 5.75 Å². The van der Waals surface area contributed by atoms with Crippen molar-refractivity contribution in [3.05, 3.63) is 87.6 Å². The van der Waals surface area contributed by atoms with Crippen LogP contribution in [0.3, 0.4) is 0 Å². The summed E-state index contributed by atoms with van der Waals surface area (Å²) in [4.78, 5) is 12.9. The van der Waals surface area contributed by atoms with E-state index in [1.165, 1.54) is 0 Å². The standard InChI is InChI=1S/C26H24Cl2N2O3/c1-16-11-26(30-33-16)29-25(20-7-10-23(27)24(28)14-20)15-21(31)8-4-17-3-5-19-13-22(32-2)9-6-18(19)12-17/h3,5-7,9-14,25H,4,8,15H2,1-2H3,(H,29,30). The highest BCUT2D eigenvalue weighted by atomic mass is 35.5. The molecule has 5 nitrogen and oxygen atoms in total. The van der Waals surface area contributed by atoms with Gasteiger partial charge in [-0.15, -0.1) is 0 Å². The Bertz CT molecular complexity index is 1290. The third kappa shape index (κ3) is 5.86. The lowest BCUT2D eigenvalue weighted by Gasteiger charge is -2.19. The Hall–Kier alpha value is -3.02. The summed E-state index contributed by atoms with van der Waals surface area (Å²) in [6, 6.07) is 19.1. The molecule has 0 aliphatic carbocycles. The van der Waals surface area contributed by atoms with Crippen molar-refractivity contribution in [1.29, 1.82) is 0 Å². The van der Waals surface area contributed by atoms with Gasteiger partial charge in [-0.25, -0.2) is 0 Å². The minimum atomic E-state index is -0.305. The first-order valence-electron chi connectivity index (χ1n) is 10.6. The molecule has 0 saturated carbocycles. The minimum absolute atomic E-state index is 0.133. The van der Waals surface area contributed by atoms with Crippen molar-refractivity contribution in [1.82, 2.24) is 5.16 Å². The smallest absolute Gasteiger partial charge is 0.170 e. The zero-order valence-electron chi connectivity index (χ0n) is 18.4. The molecular weight excluding hydrogens is 459 g/mol. The summed E-state index contributed by atoms with van der Waals surface area (Å²) in [7, 11) is 1.66. The van der Waals surface area contributed by atoms with E-state index >= 15 is 0 Å². The molecule has 1 N–H and O–H groups in total. The number of anilines is 1. The van der Waals surface area contributed by atoms with E-state index in [9.17, 15) is 4.79 Å². The van der Waals surface area contributed by atoms with Gasteiger partial charge >= 0.3 is 0 Å². The van der Waals surface area contributed by atoms with Gasteiger partial charge in [-0.05, 0) is 59.5 Å². The van der Waals surface area contributed by atoms with Crippen molar-refractivity contribution in [2.75, 3.05) is 12.4 Å². The molecule has 0 radical (unpaired) electrons. The van der Waals surface area contributed by atoms with Gasteiger partial charge in [-0.3, -0.25) is 4.79 Å². The number of hydrogen-bond donors (Lipinski definition) is 1. The molecule has 170 valence electrons. The zero-order chi connectivity index (χ0) is 23.4. The van der Waals surface area contributed by atoms with Crippen LogP contribution >= 0.6 is 23.2 Å². The lowest BCUT2D eigenvalue weighted by molar-refractivity contribution is -0.119. The second-order valence-electron chi connectivity index (χ2n) is 7.98. The summed E-state index contributed by atoms with van der Waals surface area (Å²) in [6.07, 6.45) is 1.38. The summed E-state index contributed by atoms with van der Waals surface area (Å²) in [5.74, 6) is 2.22. The maximum atomic E-state index is 12.9. The lowest BCUT2D eigenvalue weighted by atomic mass is 9.97. The number of aromatic nitrogens is 1. The number of ether oxygens (including phenoxy) is 1. The average molecular weight is 483 g/mol. The molecule has 4 aromatic rings. The summed E-state index contributed by atoms with van der Waals surface area (Å²) in [5.41, 5.74) is 1.98. The normalized spacial score (nSPS) is 12.0. The second kappa shape index (κ2) is 10.3. The Morgan fingerprint density at radius 3 is 2.55 bits per heavy atom. The van der Waals surface area contributed by atoms with E-state index in [-0.39, 0.29) is 18.2 Å². The van der Waals surface area contributed by atoms with Crippen molar-refractivity contribution in [3.63, 3.8) is 0 Å². The number of nitrogens with zero attached hydrogens (tertiary/aromatic N) is 1. The van der Waals surface area contributed by atoms with Gasteiger partial charge in [0.05, 0.1) is 23.2 Å². The quantitative estimate of drug-likeness (QED) is 0.273. The van der Waals surface area contributed by atoms with E-state index in [1.807, 2.05) is 31.2 Å². The number of fused-ring (bicyclic) bond motifs is 1. The van der Waals surface area contributed by atoms with Crippen LogP contribution in [0.25, 0.3) is 10.8 Å². The van der Waals surface area contributed by atoms with Crippen molar-refractivity contribution in [2.45, 2.75) is 32.2 Å².